The first-order valence-electron chi connectivity index (χ1n) is 12.2. The van der Waals surface area contributed by atoms with E-state index in [-0.39, 0.29) is 21.9 Å². The zero-order chi connectivity index (χ0) is 26.3. The second-order valence-electron chi connectivity index (χ2n) is 9.20. The SMILES string of the molecule is Cc1nc(-c2cccc(S(=O)(=O)N3CCC(c4nc5c(nnn5Cc5ccccc5)c(=O)[nH]4)CC3)c2)no1. The van der Waals surface area contributed by atoms with Crippen LogP contribution in [0.5, 0.6) is 0 Å². The highest BCUT2D eigenvalue weighted by molar-refractivity contribution is 7.89. The molecular formula is C25H24N8O4S. The van der Waals surface area contributed by atoms with Crippen LogP contribution in [-0.2, 0) is 16.6 Å². The monoisotopic (exact) mass is 532 g/mol. The number of piperidine rings is 1. The molecule has 0 spiro atoms. The van der Waals surface area contributed by atoms with Crippen molar-refractivity contribution in [2.24, 2.45) is 0 Å². The van der Waals surface area contributed by atoms with E-state index in [0.29, 0.717) is 61.2 Å². The molecule has 5 aromatic rings. The first kappa shape index (κ1) is 24.1. The van der Waals surface area contributed by atoms with Crippen molar-refractivity contribution < 1.29 is 12.9 Å². The van der Waals surface area contributed by atoms with Crippen molar-refractivity contribution >= 4 is 21.2 Å². The summed E-state index contributed by atoms with van der Waals surface area (Å²) < 4.78 is 34.9. The number of aromatic nitrogens is 7. The second-order valence-corrected chi connectivity index (χ2v) is 11.1. The minimum absolute atomic E-state index is 0.104. The lowest BCUT2D eigenvalue weighted by Gasteiger charge is -2.30. The quantitative estimate of drug-likeness (QED) is 0.347. The molecule has 6 rings (SSSR count). The van der Waals surface area contributed by atoms with Crippen LogP contribution in [0, 0.1) is 6.92 Å². The summed E-state index contributed by atoms with van der Waals surface area (Å²) in [6, 6.07) is 16.3. The average molecular weight is 533 g/mol. The summed E-state index contributed by atoms with van der Waals surface area (Å²) >= 11 is 0. The molecule has 0 bridgehead atoms. The third-order valence-corrected chi connectivity index (χ3v) is 8.56. The van der Waals surface area contributed by atoms with Gasteiger partial charge < -0.3 is 9.51 Å². The topological polar surface area (TPSA) is 153 Å². The smallest absolute Gasteiger partial charge is 0.281 e. The van der Waals surface area contributed by atoms with E-state index in [0.717, 1.165) is 5.56 Å². The minimum atomic E-state index is -3.74. The highest BCUT2D eigenvalue weighted by Gasteiger charge is 2.31. The van der Waals surface area contributed by atoms with Crippen LogP contribution < -0.4 is 5.56 Å². The Labute approximate surface area is 217 Å². The third kappa shape index (κ3) is 4.50. The molecule has 0 amide bonds. The predicted molar refractivity (Wildman–Crippen MR) is 137 cm³/mol. The van der Waals surface area contributed by atoms with E-state index in [1.807, 2.05) is 30.3 Å². The van der Waals surface area contributed by atoms with Crippen LogP contribution in [0.25, 0.3) is 22.6 Å². The largest absolute Gasteiger partial charge is 0.339 e. The lowest BCUT2D eigenvalue weighted by molar-refractivity contribution is 0.313. The molecule has 2 aromatic carbocycles. The molecule has 1 N–H and O–H groups in total. The van der Waals surface area contributed by atoms with Gasteiger partial charge in [0.1, 0.15) is 5.82 Å². The van der Waals surface area contributed by atoms with Crippen LogP contribution in [0.2, 0.25) is 0 Å². The van der Waals surface area contributed by atoms with Gasteiger partial charge in [-0.15, -0.1) is 5.10 Å². The van der Waals surface area contributed by atoms with Gasteiger partial charge in [-0.2, -0.15) is 9.29 Å². The fourth-order valence-electron chi connectivity index (χ4n) is 4.67. The molecule has 4 heterocycles. The molecule has 0 unspecified atom stereocenters. The highest BCUT2D eigenvalue weighted by Crippen LogP contribution is 2.30. The van der Waals surface area contributed by atoms with Crippen molar-refractivity contribution in [3.8, 4) is 11.4 Å². The number of benzene rings is 2. The fraction of sp³-hybridized carbons (Fsp3) is 0.280. The first-order chi connectivity index (χ1) is 18.4. The van der Waals surface area contributed by atoms with Crippen LogP contribution in [0.3, 0.4) is 0 Å². The molecule has 0 radical (unpaired) electrons. The van der Waals surface area contributed by atoms with Crippen molar-refractivity contribution in [3.05, 3.63) is 82.2 Å². The lowest BCUT2D eigenvalue weighted by atomic mass is 9.97. The molecule has 194 valence electrons. The van der Waals surface area contributed by atoms with Crippen molar-refractivity contribution in [1.29, 1.82) is 0 Å². The van der Waals surface area contributed by atoms with Gasteiger partial charge in [-0.25, -0.2) is 18.1 Å². The summed E-state index contributed by atoms with van der Waals surface area (Å²) in [6.45, 7) is 2.70. The minimum Gasteiger partial charge on any atom is -0.339 e. The molecule has 13 heteroatoms. The Bertz CT molecular complexity index is 1770. The number of nitrogens with zero attached hydrogens (tertiary/aromatic N) is 7. The van der Waals surface area contributed by atoms with Gasteiger partial charge in [0.25, 0.3) is 5.56 Å². The fourth-order valence-corrected chi connectivity index (χ4v) is 6.19. The number of hydrogen-bond donors (Lipinski definition) is 1. The van der Waals surface area contributed by atoms with Crippen LogP contribution in [0.1, 0.15) is 36.0 Å². The summed E-state index contributed by atoms with van der Waals surface area (Å²) in [5.74, 6) is 1.15. The molecule has 1 fully saturated rings. The highest BCUT2D eigenvalue weighted by atomic mass is 32.2. The predicted octanol–water partition coefficient (Wildman–Crippen LogP) is 2.49. The zero-order valence-corrected chi connectivity index (χ0v) is 21.3. The summed E-state index contributed by atoms with van der Waals surface area (Å²) in [5, 5.41) is 12.0. The maximum atomic E-state index is 13.4. The molecule has 1 aliphatic heterocycles. The Morgan fingerprint density at radius 3 is 2.58 bits per heavy atom. The molecule has 3 aromatic heterocycles. The van der Waals surface area contributed by atoms with Gasteiger partial charge >= 0.3 is 0 Å². The lowest BCUT2D eigenvalue weighted by Crippen LogP contribution is -2.38. The molecule has 0 saturated carbocycles. The Morgan fingerprint density at radius 2 is 1.84 bits per heavy atom. The molecule has 0 aliphatic carbocycles. The third-order valence-electron chi connectivity index (χ3n) is 6.67. The molecule has 12 nitrogen and oxygen atoms in total. The number of aryl methyl sites for hydroxylation is 1. The van der Waals surface area contributed by atoms with Gasteiger partial charge in [-0.05, 0) is 30.5 Å². The van der Waals surface area contributed by atoms with Gasteiger partial charge in [0, 0.05) is 31.5 Å². The van der Waals surface area contributed by atoms with Crippen molar-refractivity contribution in [2.45, 2.75) is 37.1 Å². The standard InChI is InChI=1S/C25H24N8O4S/c1-16-26-23(30-37-16)19-8-5-9-20(14-19)38(35,36)32-12-10-18(11-13-32)22-27-24-21(25(34)28-22)29-31-33(24)15-17-6-3-2-4-7-17/h2-9,14,18H,10-13,15H2,1H3,(H,27,28,34). The van der Waals surface area contributed by atoms with E-state index in [9.17, 15) is 13.2 Å². The number of aromatic amines is 1. The normalized spacial score (nSPS) is 15.3. The Kier molecular flexibility index (Phi) is 6.08. The average Bonchev–Trinajstić information content (AvgIpc) is 3.56. The van der Waals surface area contributed by atoms with Gasteiger partial charge in [-0.3, -0.25) is 4.79 Å². The van der Waals surface area contributed by atoms with Crippen molar-refractivity contribution in [3.63, 3.8) is 0 Å². The van der Waals surface area contributed by atoms with Crippen molar-refractivity contribution in [2.75, 3.05) is 13.1 Å². The number of sulfonamides is 1. The second kappa shape index (κ2) is 9.58. The van der Waals surface area contributed by atoms with Gasteiger partial charge in [-0.1, -0.05) is 52.8 Å². The van der Waals surface area contributed by atoms with E-state index in [4.69, 9.17) is 9.51 Å². The Balaban J connectivity index is 1.21. The Hall–Kier alpha value is -4.23. The number of nitrogens with one attached hydrogen (secondary N) is 1. The van der Waals surface area contributed by atoms with Gasteiger partial charge in [0.2, 0.25) is 21.7 Å². The van der Waals surface area contributed by atoms with E-state index in [1.54, 1.807) is 35.9 Å². The van der Waals surface area contributed by atoms with Crippen LogP contribution >= 0.6 is 0 Å². The summed E-state index contributed by atoms with van der Waals surface area (Å²) in [4.78, 5) is 24.6. The van der Waals surface area contributed by atoms with E-state index < -0.39 is 10.0 Å². The maximum Gasteiger partial charge on any atom is 0.281 e. The molecule has 1 aliphatic rings. The summed E-state index contributed by atoms with van der Waals surface area (Å²) in [6.07, 6.45) is 1.02. The van der Waals surface area contributed by atoms with Gasteiger partial charge in [0.05, 0.1) is 11.4 Å². The number of fused-ring (bicyclic) bond motifs is 1. The molecule has 38 heavy (non-hydrogen) atoms. The number of H-pyrrole nitrogens is 1. The molecule has 0 atom stereocenters. The van der Waals surface area contributed by atoms with Crippen LogP contribution in [0.15, 0.2) is 68.8 Å². The summed E-state index contributed by atoms with van der Waals surface area (Å²) in [7, 11) is -3.74. The van der Waals surface area contributed by atoms with E-state index in [2.05, 4.69) is 25.4 Å². The molecule has 1 saturated heterocycles. The first-order valence-corrected chi connectivity index (χ1v) is 13.6. The number of rotatable bonds is 6. The zero-order valence-electron chi connectivity index (χ0n) is 20.5. The van der Waals surface area contributed by atoms with E-state index >= 15 is 0 Å². The number of hydrogen-bond acceptors (Lipinski definition) is 9. The molecular weight excluding hydrogens is 508 g/mol. The van der Waals surface area contributed by atoms with Crippen molar-refractivity contribution in [1.82, 2.24) is 39.4 Å². The van der Waals surface area contributed by atoms with E-state index in [1.165, 1.54) is 4.31 Å². The van der Waals surface area contributed by atoms with Crippen LogP contribution in [0.4, 0.5) is 0 Å². The summed E-state index contributed by atoms with van der Waals surface area (Å²) in [5.41, 5.74) is 1.82. The van der Waals surface area contributed by atoms with Crippen LogP contribution in [-0.4, -0.2) is 60.9 Å². The maximum absolute atomic E-state index is 13.4. The Morgan fingerprint density at radius 1 is 1.05 bits per heavy atom. The van der Waals surface area contributed by atoms with Gasteiger partial charge in [0.15, 0.2) is 11.2 Å².